The maximum Gasteiger partial charge on any atom is 0.251 e. The number of nitrogens with one attached hydrogen (secondary N) is 1. The van der Waals surface area contributed by atoms with E-state index in [0.717, 1.165) is 9.87 Å². The lowest BCUT2D eigenvalue weighted by molar-refractivity contribution is 0.0950. The van der Waals surface area contributed by atoms with Gasteiger partial charge < -0.3 is 14.8 Å². The first-order chi connectivity index (χ1) is 12.3. The van der Waals surface area contributed by atoms with Crippen molar-refractivity contribution in [3.63, 3.8) is 0 Å². The number of hydrogen-bond acceptors (Lipinski definition) is 5. The van der Waals surface area contributed by atoms with Gasteiger partial charge in [-0.15, -0.1) is 0 Å². The number of amides is 1. The molecule has 0 atom stereocenters. The summed E-state index contributed by atoms with van der Waals surface area (Å²) in [6.45, 7) is 0.303. The number of nitrogens with zero attached hydrogens (tertiary/aromatic N) is 1. The maximum absolute atomic E-state index is 12.3. The highest BCUT2D eigenvalue weighted by atomic mass is 32.2. The lowest BCUT2D eigenvalue weighted by Gasteiger charge is -2.12. The Hall–Kier alpha value is -2.58. The Balaban J connectivity index is 2.07. The zero-order chi connectivity index (χ0) is 19.3. The number of methoxy groups -OCH3 is 2. The van der Waals surface area contributed by atoms with Crippen LogP contribution in [0.3, 0.4) is 0 Å². The Morgan fingerprint density at radius 1 is 1.00 bits per heavy atom. The number of sulfonamides is 1. The number of carbonyl (C=O) groups is 1. The molecule has 2 aromatic rings. The van der Waals surface area contributed by atoms with E-state index in [1.165, 1.54) is 38.4 Å². The normalized spacial score (nSPS) is 11.3. The number of benzene rings is 2. The number of hydrogen-bond donors (Lipinski definition) is 1. The van der Waals surface area contributed by atoms with Gasteiger partial charge in [0.1, 0.15) is 0 Å². The zero-order valence-corrected chi connectivity index (χ0v) is 16.0. The van der Waals surface area contributed by atoms with E-state index in [-0.39, 0.29) is 10.8 Å². The molecule has 1 N–H and O–H groups in total. The third kappa shape index (κ3) is 4.33. The van der Waals surface area contributed by atoms with Gasteiger partial charge >= 0.3 is 0 Å². The minimum absolute atomic E-state index is 0.138. The maximum atomic E-state index is 12.3. The van der Waals surface area contributed by atoms with E-state index in [9.17, 15) is 13.2 Å². The summed E-state index contributed by atoms with van der Waals surface area (Å²) < 4.78 is 35.6. The molecule has 0 saturated heterocycles. The first-order valence-corrected chi connectivity index (χ1v) is 9.25. The molecule has 0 aromatic heterocycles. The highest BCUT2D eigenvalue weighted by Gasteiger charge is 2.17. The van der Waals surface area contributed by atoms with E-state index < -0.39 is 10.0 Å². The predicted octanol–water partition coefficient (Wildman–Crippen LogP) is 1.88. The zero-order valence-electron chi connectivity index (χ0n) is 15.1. The van der Waals surface area contributed by atoms with Crippen LogP contribution in [-0.4, -0.2) is 46.9 Å². The molecule has 8 heteroatoms. The van der Waals surface area contributed by atoms with E-state index in [0.29, 0.717) is 23.6 Å². The van der Waals surface area contributed by atoms with E-state index in [2.05, 4.69) is 5.32 Å². The molecular weight excluding hydrogens is 356 g/mol. The van der Waals surface area contributed by atoms with Gasteiger partial charge in [0.2, 0.25) is 10.0 Å². The fourth-order valence-electron chi connectivity index (χ4n) is 2.26. The first-order valence-electron chi connectivity index (χ1n) is 7.81. The fraction of sp³-hybridized carbons (Fsp3) is 0.278. The van der Waals surface area contributed by atoms with Gasteiger partial charge in [-0.2, -0.15) is 0 Å². The summed E-state index contributed by atoms with van der Waals surface area (Å²) in [5.41, 5.74) is 1.23. The minimum Gasteiger partial charge on any atom is -0.493 e. The largest absolute Gasteiger partial charge is 0.493 e. The van der Waals surface area contributed by atoms with Crippen molar-refractivity contribution in [3.8, 4) is 11.5 Å². The second-order valence-electron chi connectivity index (χ2n) is 5.68. The van der Waals surface area contributed by atoms with Gasteiger partial charge in [0, 0.05) is 26.2 Å². The van der Waals surface area contributed by atoms with Gasteiger partial charge in [0.15, 0.2) is 11.5 Å². The van der Waals surface area contributed by atoms with Crippen LogP contribution in [0.15, 0.2) is 47.4 Å². The Labute approximate surface area is 153 Å². The summed E-state index contributed by atoms with van der Waals surface area (Å²) in [5.74, 6) is 0.895. The lowest BCUT2D eigenvalue weighted by atomic mass is 10.1. The van der Waals surface area contributed by atoms with Crippen LogP contribution in [0.25, 0.3) is 0 Å². The second kappa shape index (κ2) is 8.20. The Kier molecular flexibility index (Phi) is 6.23. The molecule has 26 heavy (non-hydrogen) atoms. The van der Waals surface area contributed by atoms with Crippen molar-refractivity contribution in [2.75, 3.05) is 28.3 Å². The smallest absolute Gasteiger partial charge is 0.251 e. The molecule has 0 bridgehead atoms. The van der Waals surface area contributed by atoms with Crippen LogP contribution in [-0.2, 0) is 16.6 Å². The van der Waals surface area contributed by atoms with E-state index >= 15 is 0 Å². The Morgan fingerprint density at radius 2 is 1.62 bits per heavy atom. The van der Waals surface area contributed by atoms with Crippen molar-refractivity contribution in [2.24, 2.45) is 0 Å². The molecule has 0 aliphatic rings. The minimum atomic E-state index is -3.51. The first kappa shape index (κ1) is 19.7. The average molecular weight is 378 g/mol. The molecule has 0 spiro atoms. The molecule has 140 valence electrons. The van der Waals surface area contributed by atoms with Crippen LogP contribution in [0.2, 0.25) is 0 Å². The highest BCUT2D eigenvalue weighted by Crippen LogP contribution is 2.27. The number of carbonyl (C=O) groups excluding carboxylic acids is 1. The monoisotopic (exact) mass is 378 g/mol. The topological polar surface area (TPSA) is 84.9 Å². The molecule has 0 fully saturated rings. The van der Waals surface area contributed by atoms with Crippen LogP contribution in [0.5, 0.6) is 11.5 Å². The molecule has 2 aromatic carbocycles. The quantitative estimate of drug-likeness (QED) is 0.795. The number of ether oxygens (including phenoxy) is 2. The average Bonchev–Trinajstić information content (AvgIpc) is 2.65. The van der Waals surface area contributed by atoms with Crippen LogP contribution in [0.1, 0.15) is 15.9 Å². The lowest BCUT2D eigenvalue weighted by Crippen LogP contribution is -2.24. The Bertz CT molecular complexity index is 877. The molecule has 0 heterocycles. The van der Waals surface area contributed by atoms with Crippen molar-refractivity contribution in [3.05, 3.63) is 53.6 Å². The molecule has 7 nitrogen and oxygen atoms in total. The third-order valence-corrected chi connectivity index (χ3v) is 5.63. The van der Waals surface area contributed by atoms with Crippen molar-refractivity contribution < 1.29 is 22.7 Å². The van der Waals surface area contributed by atoms with Crippen LogP contribution < -0.4 is 14.8 Å². The van der Waals surface area contributed by atoms with Crippen LogP contribution >= 0.6 is 0 Å². The molecule has 2 rings (SSSR count). The van der Waals surface area contributed by atoms with Crippen LogP contribution in [0, 0.1) is 0 Å². The van der Waals surface area contributed by atoms with Crippen molar-refractivity contribution >= 4 is 15.9 Å². The molecule has 0 unspecified atom stereocenters. The Morgan fingerprint density at radius 3 is 2.15 bits per heavy atom. The summed E-state index contributed by atoms with van der Waals surface area (Å²) in [6, 6.07) is 11.2. The van der Waals surface area contributed by atoms with Crippen LogP contribution in [0.4, 0.5) is 0 Å². The van der Waals surface area contributed by atoms with Gasteiger partial charge in [-0.25, -0.2) is 12.7 Å². The van der Waals surface area contributed by atoms with E-state index in [1.54, 1.807) is 26.4 Å². The molecule has 0 aliphatic heterocycles. The van der Waals surface area contributed by atoms with Gasteiger partial charge in [-0.05, 0) is 42.0 Å². The molecule has 1 amide bonds. The molecule has 0 saturated carbocycles. The third-order valence-electron chi connectivity index (χ3n) is 3.80. The number of rotatable bonds is 7. The highest BCUT2D eigenvalue weighted by molar-refractivity contribution is 7.89. The SMILES string of the molecule is COc1ccc(CNC(=O)c2ccc(S(=O)(=O)N(C)C)cc2)cc1OC. The van der Waals surface area contributed by atoms with Crippen molar-refractivity contribution in [1.29, 1.82) is 0 Å². The van der Waals surface area contributed by atoms with E-state index in [1.807, 2.05) is 6.07 Å². The van der Waals surface area contributed by atoms with Crippen molar-refractivity contribution in [2.45, 2.75) is 11.4 Å². The summed E-state index contributed by atoms with van der Waals surface area (Å²) in [7, 11) is 2.50. The van der Waals surface area contributed by atoms with Gasteiger partial charge in [0.25, 0.3) is 5.91 Å². The second-order valence-corrected chi connectivity index (χ2v) is 7.84. The van der Waals surface area contributed by atoms with Crippen molar-refractivity contribution in [1.82, 2.24) is 9.62 Å². The molecule has 0 radical (unpaired) electrons. The molecular formula is C18H22N2O5S. The summed E-state index contributed by atoms with van der Waals surface area (Å²) >= 11 is 0. The predicted molar refractivity (Wildman–Crippen MR) is 98.0 cm³/mol. The summed E-state index contributed by atoms with van der Waals surface area (Å²) in [6.07, 6.45) is 0. The fourth-order valence-corrected chi connectivity index (χ4v) is 3.17. The van der Waals surface area contributed by atoms with Gasteiger partial charge in [0.05, 0.1) is 19.1 Å². The summed E-state index contributed by atoms with van der Waals surface area (Å²) in [4.78, 5) is 12.4. The standard InChI is InChI=1S/C18H22N2O5S/c1-20(2)26(22,23)15-8-6-14(7-9-15)18(21)19-12-13-5-10-16(24-3)17(11-13)25-4/h5-11H,12H2,1-4H3,(H,19,21). The van der Waals surface area contributed by atoms with Gasteiger partial charge in [-0.1, -0.05) is 6.07 Å². The van der Waals surface area contributed by atoms with E-state index in [4.69, 9.17) is 9.47 Å². The molecule has 0 aliphatic carbocycles. The van der Waals surface area contributed by atoms with Gasteiger partial charge in [-0.3, -0.25) is 4.79 Å². The summed E-state index contributed by atoms with van der Waals surface area (Å²) in [5, 5.41) is 2.79.